The summed E-state index contributed by atoms with van der Waals surface area (Å²) in [4.78, 5) is 12.1. The molecule has 1 aliphatic carbocycles. The summed E-state index contributed by atoms with van der Waals surface area (Å²) in [7, 11) is -2.16. The molecule has 0 bridgehead atoms. The Bertz CT molecular complexity index is 711. The molecule has 2 fully saturated rings. The highest BCUT2D eigenvalue weighted by molar-refractivity contribution is 7.89. The molecule has 1 saturated heterocycles. The van der Waals surface area contributed by atoms with Crippen LogP contribution in [0.1, 0.15) is 38.2 Å². The highest BCUT2D eigenvalue weighted by Gasteiger charge is 2.52. The fourth-order valence-corrected chi connectivity index (χ4v) is 4.69. The van der Waals surface area contributed by atoms with Crippen LogP contribution in [-0.2, 0) is 25.0 Å². The summed E-state index contributed by atoms with van der Waals surface area (Å²) in [6.45, 7) is 2.87. The largest absolute Gasteiger partial charge is 0.468 e. The number of esters is 1. The molecule has 1 aromatic carbocycles. The van der Waals surface area contributed by atoms with Gasteiger partial charge in [0.1, 0.15) is 0 Å². The van der Waals surface area contributed by atoms with Crippen LogP contribution < -0.4 is 10.0 Å². The molecule has 7 heteroatoms. The second kappa shape index (κ2) is 6.46. The van der Waals surface area contributed by atoms with E-state index in [1.54, 1.807) is 24.3 Å². The topological polar surface area (TPSA) is 84.5 Å². The summed E-state index contributed by atoms with van der Waals surface area (Å²) in [5.41, 5.74) is 0.248. The third kappa shape index (κ3) is 3.34. The summed E-state index contributed by atoms with van der Waals surface area (Å²) in [6, 6.07) is 6.86. The number of methoxy groups -OCH3 is 1. The molecule has 3 rings (SSSR count). The van der Waals surface area contributed by atoms with Crippen LogP contribution in [0.3, 0.4) is 0 Å². The predicted molar refractivity (Wildman–Crippen MR) is 90.2 cm³/mol. The highest BCUT2D eigenvalue weighted by Crippen LogP contribution is 2.49. The second-order valence-electron chi connectivity index (χ2n) is 6.80. The van der Waals surface area contributed by atoms with E-state index in [0.29, 0.717) is 6.04 Å². The van der Waals surface area contributed by atoms with Crippen molar-refractivity contribution in [3.8, 4) is 0 Å². The molecular formula is C17H24N2O4S. The zero-order valence-corrected chi connectivity index (χ0v) is 14.9. The van der Waals surface area contributed by atoms with E-state index < -0.39 is 15.4 Å². The Balaban J connectivity index is 1.74. The molecule has 1 aromatic rings. The number of piperidine rings is 1. The van der Waals surface area contributed by atoms with E-state index in [1.807, 2.05) is 0 Å². The number of ether oxygens (including phenoxy) is 1. The van der Waals surface area contributed by atoms with Gasteiger partial charge < -0.3 is 10.1 Å². The van der Waals surface area contributed by atoms with Gasteiger partial charge in [-0.15, -0.1) is 0 Å². The summed E-state index contributed by atoms with van der Waals surface area (Å²) in [5, 5.41) is 3.31. The lowest BCUT2D eigenvalue weighted by Gasteiger charge is -2.28. The Morgan fingerprint density at radius 2 is 1.96 bits per heavy atom. The average Bonchev–Trinajstić information content (AvgIpc) is 3.36. The monoisotopic (exact) mass is 352 g/mol. The first-order valence-electron chi connectivity index (χ1n) is 8.32. The van der Waals surface area contributed by atoms with E-state index in [4.69, 9.17) is 4.74 Å². The molecule has 0 aromatic heterocycles. The maximum absolute atomic E-state index is 12.6. The summed E-state index contributed by atoms with van der Waals surface area (Å²) >= 11 is 0. The summed E-state index contributed by atoms with van der Waals surface area (Å²) in [5.74, 6) is -0.250. The number of hydrogen-bond donors (Lipinski definition) is 2. The van der Waals surface area contributed by atoms with Gasteiger partial charge in [0.25, 0.3) is 0 Å². The van der Waals surface area contributed by atoms with Gasteiger partial charge in [0.15, 0.2) is 0 Å². The van der Waals surface area contributed by atoms with E-state index in [0.717, 1.165) is 37.8 Å². The van der Waals surface area contributed by atoms with Gasteiger partial charge in [-0.2, -0.15) is 0 Å². The lowest BCUT2D eigenvalue weighted by atomic mass is 9.96. The first kappa shape index (κ1) is 17.4. The summed E-state index contributed by atoms with van der Waals surface area (Å²) < 4.78 is 32.8. The predicted octanol–water partition coefficient (Wildman–Crippen LogP) is 1.31. The Morgan fingerprint density at radius 3 is 2.50 bits per heavy atom. The summed E-state index contributed by atoms with van der Waals surface area (Å²) in [6.07, 6.45) is 3.06. The first-order chi connectivity index (χ1) is 11.4. The van der Waals surface area contributed by atoms with Crippen LogP contribution in [0.2, 0.25) is 0 Å². The molecule has 1 aliphatic heterocycles. The standard InChI is InChI=1S/C17H24N2O4S/c1-12-11-14(7-10-18-12)19-24(21,22)15-5-3-13(4-6-15)17(8-9-17)16(20)23-2/h3-6,12,14,18-19H,7-11H2,1-2H3. The average molecular weight is 352 g/mol. The van der Waals surface area contributed by atoms with Crippen molar-refractivity contribution in [3.63, 3.8) is 0 Å². The van der Waals surface area contributed by atoms with Crippen LogP contribution in [-0.4, -0.2) is 40.1 Å². The van der Waals surface area contributed by atoms with Crippen molar-refractivity contribution in [2.24, 2.45) is 0 Å². The molecule has 132 valence electrons. The van der Waals surface area contributed by atoms with Gasteiger partial charge >= 0.3 is 5.97 Å². The fourth-order valence-electron chi connectivity index (χ4n) is 3.41. The molecule has 2 unspecified atom stereocenters. The van der Waals surface area contributed by atoms with Crippen LogP contribution in [0.15, 0.2) is 29.2 Å². The van der Waals surface area contributed by atoms with Gasteiger partial charge in [-0.3, -0.25) is 4.79 Å². The Morgan fingerprint density at radius 1 is 1.29 bits per heavy atom. The molecule has 0 spiro atoms. The van der Waals surface area contributed by atoms with Crippen molar-refractivity contribution in [2.45, 2.75) is 55.0 Å². The minimum absolute atomic E-state index is 0.0456. The van der Waals surface area contributed by atoms with Crippen molar-refractivity contribution in [2.75, 3.05) is 13.7 Å². The van der Waals surface area contributed by atoms with E-state index >= 15 is 0 Å². The Hall–Kier alpha value is -1.44. The van der Waals surface area contributed by atoms with Crippen molar-refractivity contribution < 1.29 is 17.9 Å². The van der Waals surface area contributed by atoms with Crippen LogP contribution in [0.25, 0.3) is 0 Å². The van der Waals surface area contributed by atoms with Gasteiger partial charge in [0, 0.05) is 12.1 Å². The van der Waals surface area contributed by atoms with E-state index in [1.165, 1.54) is 7.11 Å². The number of hydrogen-bond acceptors (Lipinski definition) is 5. The number of sulfonamides is 1. The number of rotatable bonds is 5. The fraction of sp³-hybridized carbons (Fsp3) is 0.588. The first-order valence-corrected chi connectivity index (χ1v) is 9.80. The third-order valence-electron chi connectivity index (χ3n) is 4.99. The number of carbonyl (C=O) groups is 1. The molecule has 0 radical (unpaired) electrons. The molecule has 0 amide bonds. The van der Waals surface area contributed by atoms with Crippen molar-refractivity contribution in [3.05, 3.63) is 29.8 Å². The van der Waals surface area contributed by atoms with Gasteiger partial charge in [-0.25, -0.2) is 13.1 Å². The molecular weight excluding hydrogens is 328 g/mol. The highest BCUT2D eigenvalue weighted by atomic mass is 32.2. The number of nitrogens with one attached hydrogen (secondary N) is 2. The molecule has 2 N–H and O–H groups in total. The smallest absolute Gasteiger partial charge is 0.316 e. The van der Waals surface area contributed by atoms with E-state index in [2.05, 4.69) is 17.0 Å². The maximum atomic E-state index is 12.6. The minimum Gasteiger partial charge on any atom is -0.468 e. The minimum atomic E-state index is -3.54. The normalized spacial score (nSPS) is 25.9. The lowest BCUT2D eigenvalue weighted by molar-refractivity contribution is -0.143. The quantitative estimate of drug-likeness (QED) is 0.781. The van der Waals surface area contributed by atoms with Gasteiger partial charge in [0.05, 0.1) is 17.4 Å². The van der Waals surface area contributed by atoms with Crippen molar-refractivity contribution in [1.29, 1.82) is 0 Å². The van der Waals surface area contributed by atoms with E-state index in [9.17, 15) is 13.2 Å². The number of benzene rings is 1. The molecule has 6 nitrogen and oxygen atoms in total. The van der Waals surface area contributed by atoms with Crippen LogP contribution in [0, 0.1) is 0 Å². The maximum Gasteiger partial charge on any atom is 0.316 e. The van der Waals surface area contributed by atoms with Gasteiger partial charge in [-0.05, 0) is 56.8 Å². The third-order valence-corrected chi connectivity index (χ3v) is 6.53. The van der Waals surface area contributed by atoms with E-state index in [-0.39, 0.29) is 16.9 Å². The second-order valence-corrected chi connectivity index (χ2v) is 8.51. The zero-order chi connectivity index (χ0) is 17.4. The molecule has 2 aliphatic rings. The van der Waals surface area contributed by atoms with Gasteiger partial charge in [-0.1, -0.05) is 12.1 Å². The zero-order valence-electron chi connectivity index (χ0n) is 14.0. The molecule has 1 saturated carbocycles. The van der Waals surface area contributed by atoms with Crippen molar-refractivity contribution >= 4 is 16.0 Å². The molecule has 24 heavy (non-hydrogen) atoms. The molecule has 2 atom stereocenters. The number of carbonyl (C=O) groups excluding carboxylic acids is 1. The van der Waals surface area contributed by atoms with Crippen LogP contribution in [0.5, 0.6) is 0 Å². The molecule has 1 heterocycles. The Labute approximate surface area is 143 Å². The van der Waals surface area contributed by atoms with Gasteiger partial charge in [0.2, 0.25) is 10.0 Å². The van der Waals surface area contributed by atoms with Crippen molar-refractivity contribution in [1.82, 2.24) is 10.0 Å². The Kier molecular flexibility index (Phi) is 4.68. The van der Waals surface area contributed by atoms with Crippen LogP contribution >= 0.6 is 0 Å². The van der Waals surface area contributed by atoms with Crippen LogP contribution in [0.4, 0.5) is 0 Å². The SMILES string of the molecule is COC(=O)C1(c2ccc(S(=O)(=O)NC3CCNC(C)C3)cc2)CC1. The lowest BCUT2D eigenvalue weighted by Crippen LogP contribution is -2.46.